The van der Waals surface area contributed by atoms with Crippen molar-refractivity contribution in [1.29, 1.82) is 0 Å². The van der Waals surface area contributed by atoms with E-state index in [1.807, 2.05) is 3.33 Å². The van der Waals surface area contributed by atoms with Crippen molar-refractivity contribution in [3.63, 3.8) is 0 Å². The van der Waals surface area contributed by atoms with Crippen molar-refractivity contribution < 1.29 is 44.8 Å². The van der Waals surface area contributed by atoms with Gasteiger partial charge in [-0.15, -0.1) is 0 Å². The molecule has 4 rings (SSSR count). The van der Waals surface area contributed by atoms with E-state index >= 15 is 0 Å². The van der Waals surface area contributed by atoms with Gasteiger partial charge in [-0.1, -0.05) is 0 Å². The Hall–Kier alpha value is -0.110. The van der Waals surface area contributed by atoms with Crippen molar-refractivity contribution in [2.24, 2.45) is 0 Å². The van der Waals surface area contributed by atoms with E-state index < -0.39 is 20.0 Å². The number of fused-ring (bicyclic) bond motifs is 1. The molecule has 1 fully saturated rings. The van der Waals surface area contributed by atoms with Crippen LogP contribution in [0.1, 0.15) is 35.1 Å². The third-order valence-corrected chi connectivity index (χ3v) is 22.7. The van der Waals surface area contributed by atoms with Gasteiger partial charge in [-0.25, -0.2) is 0 Å². The zero-order valence-electron chi connectivity index (χ0n) is 12.5. The Bertz CT molecular complexity index is 651. The smallest absolute Gasteiger partial charge is 1.00 e. The fourth-order valence-corrected chi connectivity index (χ4v) is 27.7. The van der Waals surface area contributed by atoms with Gasteiger partial charge >= 0.3 is 120 Å². The molecule has 0 spiro atoms. The van der Waals surface area contributed by atoms with Crippen molar-refractivity contribution in [1.82, 2.24) is 0 Å². The van der Waals surface area contributed by atoms with Gasteiger partial charge in [0.15, 0.2) is 0 Å². The van der Waals surface area contributed by atoms with Crippen LogP contribution in [0.3, 0.4) is 0 Å². The third kappa shape index (κ3) is 2.66. The minimum absolute atomic E-state index is 0. The Kier molecular flexibility index (Phi) is 5.08. The summed E-state index contributed by atoms with van der Waals surface area (Å²) in [6.45, 7) is 4.59. The van der Waals surface area contributed by atoms with Crippen LogP contribution in [-0.2, 0) is 20.0 Å². The average Bonchev–Trinajstić information content (AvgIpc) is 3.00. The summed E-state index contributed by atoms with van der Waals surface area (Å²) in [6.07, 6.45) is 8.78. The number of benzene rings is 1. The Morgan fingerprint density at radius 2 is 1.71 bits per heavy atom. The summed E-state index contributed by atoms with van der Waals surface area (Å²) in [5, 5.41) is 0. The van der Waals surface area contributed by atoms with Crippen molar-refractivity contribution in [2.75, 3.05) is 0 Å². The molecule has 1 heterocycles. The maximum atomic E-state index is 2.62. The molecule has 3 aliphatic rings. The van der Waals surface area contributed by atoms with Crippen LogP contribution in [0.5, 0.6) is 0 Å². The van der Waals surface area contributed by atoms with E-state index in [0.717, 1.165) is 3.67 Å². The zero-order chi connectivity index (χ0) is 13.0. The second kappa shape index (κ2) is 6.18. The van der Waals surface area contributed by atoms with E-state index in [1.54, 1.807) is 19.5 Å². The predicted octanol–water partition coefficient (Wildman–Crippen LogP) is -0.609. The van der Waals surface area contributed by atoms with Gasteiger partial charge in [0.1, 0.15) is 0 Å². The summed E-state index contributed by atoms with van der Waals surface area (Å²) in [4.78, 5) is 0. The maximum Gasteiger partial charge on any atom is -1.00 e. The first-order valence-electron chi connectivity index (χ1n) is 7.35. The van der Waals surface area contributed by atoms with Gasteiger partial charge in [-0.05, 0) is 0 Å². The molecule has 0 N–H and O–H groups in total. The molecule has 0 nitrogen and oxygen atoms in total. The molecule has 0 saturated carbocycles. The molecule has 0 aromatic heterocycles. The van der Waals surface area contributed by atoms with Gasteiger partial charge in [-0.3, -0.25) is 0 Å². The first kappa shape index (κ1) is 17.2. The molecule has 2 aliphatic carbocycles. The first-order valence-corrected chi connectivity index (χ1v) is 16.3. The monoisotopic (exact) mass is 486 g/mol. The van der Waals surface area contributed by atoms with E-state index in [2.05, 4.69) is 56.3 Å². The quantitative estimate of drug-likeness (QED) is 0.491. The molecule has 1 saturated heterocycles. The molecule has 1 atom stereocenters. The Morgan fingerprint density at radius 1 is 1.00 bits per heavy atom. The summed E-state index contributed by atoms with van der Waals surface area (Å²) in [5.74, 6) is 0. The SMILES string of the molecule is CC1=CC=[C]([Hf+2]2([CH]3C=C(C)c4ccccc43)[CH2][CH2]2)C1.[Cl-].[Cl-]. The molecule has 1 aliphatic heterocycles. The zero-order valence-corrected chi connectivity index (χ0v) is 17.6. The standard InChI is InChI=1S/C10H9.C6H7.C2H4.2ClH.Hf/c1-8-6-7-9-4-2-3-5-10(8)9;1-6-4-2-3-5-6;1-2;;;/h2-7H,1H3;2,4H,5H2,1H3;1-2H2;2*1H;/q;;;;;+2/p-2. The van der Waals surface area contributed by atoms with Crippen molar-refractivity contribution >= 4 is 5.57 Å². The predicted molar refractivity (Wildman–Crippen MR) is 78.9 cm³/mol. The summed E-state index contributed by atoms with van der Waals surface area (Å²) in [6, 6.07) is 9.13. The van der Waals surface area contributed by atoms with Crippen LogP contribution in [0.15, 0.2) is 51.4 Å². The number of halogens is 2. The fourth-order valence-electron chi connectivity index (χ4n) is 3.98. The molecule has 110 valence electrons. The van der Waals surface area contributed by atoms with E-state index in [1.165, 1.54) is 17.6 Å². The van der Waals surface area contributed by atoms with Crippen molar-refractivity contribution in [3.8, 4) is 0 Å². The van der Waals surface area contributed by atoms with Gasteiger partial charge in [-0.2, -0.15) is 0 Å². The summed E-state index contributed by atoms with van der Waals surface area (Å²) >= 11 is -2.17. The first-order chi connectivity index (χ1) is 9.21. The fraction of sp³-hybridized carbons (Fsp3) is 0.333. The van der Waals surface area contributed by atoms with Gasteiger partial charge in [0, 0.05) is 0 Å². The van der Waals surface area contributed by atoms with Crippen molar-refractivity contribution in [2.45, 2.75) is 32.3 Å². The van der Waals surface area contributed by atoms with Crippen LogP contribution in [0.2, 0.25) is 8.35 Å². The molecule has 21 heavy (non-hydrogen) atoms. The summed E-state index contributed by atoms with van der Waals surface area (Å²) in [5.41, 5.74) is 6.29. The van der Waals surface area contributed by atoms with E-state index in [9.17, 15) is 0 Å². The van der Waals surface area contributed by atoms with Crippen LogP contribution >= 0.6 is 0 Å². The number of allylic oxidation sites excluding steroid dienone is 6. The molecular formula is C18H20Cl2Hf. The molecule has 0 radical (unpaired) electrons. The van der Waals surface area contributed by atoms with Crippen LogP contribution < -0.4 is 24.8 Å². The minimum Gasteiger partial charge on any atom is -1.00 e. The Balaban J connectivity index is 0.000000807. The number of hydrogen-bond acceptors (Lipinski definition) is 0. The van der Waals surface area contributed by atoms with Crippen LogP contribution in [0, 0.1) is 0 Å². The minimum atomic E-state index is -2.17. The second-order valence-electron chi connectivity index (χ2n) is 6.45. The van der Waals surface area contributed by atoms with Gasteiger partial charge in [0.2, 0.25) is 0 Å². The topological polar surface area (TPSA) is 0 Å². The van der Waals surface area contributed by atoms with E-state index in [0.29, 0.717) is 0 Å². The van der Waals surface area contributed by atoms with Crippen LogP contribution in [0.25, 0.3) is 5.57 Å². The molecular weight excluding hydrogens is 466 g/mol. The molecule has 0 amide bonds. The molecule has 1 aromatic rings. The molecule has 0 bridgehead atoms. The van der Waals surface area contributed by atoms with E-state index in [4.69, 9.17) is 0 Å². The average molecular weight is 486 g/mol. The molecule has 1 unspecified atom stereocenters. The van der Waals surface area contributed by atoms with Crippen LogP contribution in [0.4, 0.5) is 0 Å². The van der Waals surface area contributed by atoms with Gasteiger partial charge in [0.25, 0.3) is 0 Å². The third-order valence-electron chi connectivity index (χ3n) is 5.20. The second-order valence-corrected chi connectivity index (χ2v) is 22.9. The van der Waals surface area contributed by atoms with Gasteiger partial charge in [0.05, 0.1) is 0 Å². The normalized spacial score (nSPS) is 22.6. The number of rotatable bonds is 2. The largest absolute Gasteiger partial charge is 1.00 e. The summed E-state index contributed by atoms with van der Waals surface area (Å²) < 4.78 is 5.91. The van der Waals surface area contributed by atoms with Crippen LogP contribution in [-0.4, -0.2) is 0 Å². The van der Waals surface area contributed by atoms with Gasteiger partial charge < -0.3 is 24.8 Å². The van der Waals surface area contributed by atoms with Crippen molar-refractivity contribution in [3.05, 3.63) is 62.5 Å². The van der Waals surface area contributed by atoms with E-state index in [-0.39, 0.29) is 24.8 Å². The molecule has 1 aromatic carbocycles. The molecule has 3 heteroatoms. The Labute approximate surface area is 144 Å². The maximum absolute atomic E-state index is 2.62. The Morgan fingerprint density at radius 3 is 2.33 bits per heavy atom. The summed E-state index contributed by atoms with van der Waals surface area (Å²) in [7, 11) is 0. The number of hydrogen-bond donors (Lipinski definition) is 0.